The summed E-state index contributed by atoms with van der Waals surface area (Å²) in [7, 11) is 0. The van der Waals surface area contributed by atoms with E-state index in [0.29, 0.717) is 38.5 Å². The minimum atomic E-state index is -1.43. The molecule has 0 spiro atoms. The van der Waals surface area contributed by atoms with E-state index in [4.69, 9.17) is 34.4 Å². The van der Waals surface area contributed by atoms with E-state index in [9.17, 15) is 116 Å². The van der Waals surface area contributed by atoms with Crippen molar-refractivity contribution >= 4 is 206 Å². The summed E-state index contributed by atoms with van der Waals surface area (Å²) < 4.78 is 0. The van der Waals surface area contributed by atoms with Crippen molar-refractivity contribution in [1.82, 2.24) is 94.9 Å². The molecule has 2 saturated heterocycles. The highest BCUT2D eigenvalue weighted by molar-refractivity contribution is 7.81. The van der Waals surface area contributed by atoms with Crippen LogP contribution in [0.15, 0.2) is 0 Å². The second kappa shape index (κ2) is 66.9. The van der Waals surface area contributed by atoms with E-state index in [1.807, 2.05) is 0 Å². The average Bonchev–Trinajstić information content (AvgIpc) is 1.65. The summed E-state index contributed by atoms with van der Waals surface area (Å²) in [5.41, 5.74) is 33.6. The van der Waals surface area contributed by atoms with Gasteiger partial charge in [0.1, 0.15) is 96.7 Å². The molecule has 0 radical (unpaired) electrons. The molecule has 0 saturated carbocycles. The van der Waals surface area contributed by atoms with Crippen LogP contribution in [-0.2, 0) is 105 Å². The Kier molecular flexibility index (Phi) is 61.3. The SMILES string of the molecule is CC(C)C[C@H](NC(=O)[C@H](CCC(N)=O)NC(=O)CNC(=O)[C@H](CCCCN)NC(=O)[C@H](CS)NC(=O)[C@@H](NC(=O)[C@@H]1CCCN1C(=O)[C@@H](NC(=O)[C@@H](N)CS)C(C)C)C(C)C)C(=O)N[C@@H](CS)C(=O)O.CC(C)C[C@H](NC(=O)[C@H](CCC(N)=O)NC(=O)CNC(=O)[C@H](CCCCN)NC(=O)[C@H](CS)NC(=O)[C@@H](NC(=O)[C@@H]1CCCN1C(=O)[C@@H](NC(=O)[C@@H](N)CS)C(C)C)C(C)C)C(=O)N[C@@H](CS)C(=O)O. The van der Waals surface area contributed by atoms with Crippen LogP contribution in [-0.4, -0.2) is 333 Å². The quantitative estimate of drug-likeness (QED) is 0.0199. The maximum absolute atomic E-state index is 13.8. The number of nitrogens with two attached hydrogens (primary N) is 6. The average molecular weight is 2100 g/mol. The lowest BCUT2D eigenvalue weighted by Crippen LogP contribution is -2.61. The number of primary amides is 2. The summed E-state index contributed by atoms with van der Waals surface area (Å²) in [5.74, 6) is -20.6. The maximum atomic E-state index is 13.8. The van der Waals surface area contributed by atoms with Crippen molar-refractivity contribution in [1.29, 1.82) is 0 Å². The van der Waals surface area contributed by atoms with Gasteiger partial charge >= 0.3 is 11.9 Å². The van der Waals surface area contributed by atoms with Crippen molar-refractivity contribution < 1.29 is 116 Å². The van der Waals surface area contributed by atoms with Crippen molar-refractivity contribution in [2.75, 3.05) is 73.8 Å². The summed E-state index contributed by atoms with van der Waals surface area (Å²) in [6.45, 7) is 20.2. The molecular weight excluding hydrogens is 1950 g/mol. The Morgan fingerprint density at radius 1 is 0.314 bits per heavy atom. The molecule has 2 rings (SSSR count). The van der Waals surface area contributed by atoms with Crippen LogP contribution in [0.25, 0.3) is 0 Å². The number of nitrogens with one attached hydrogen (secondary N) is 16. The fourth-order valence-electron chi connectivity index (χ4n) is 14.3. The molecule has 48 nitrogen and oxygen atoms in total. The third kappa shape index (κ3) is 46.1. The Labute approximate surface area is 849 Å². The molecule has 0 aromatic rings. The van der Waals surface area contributed by atoms with Crippen LogP contribution >= 0.6 is 75.8 Å². The Bertz CT molecular complexity index is 3910. The molecule has 54 heteroatoms. The molecule has 18 atom stereocenters. The smallest absolute Gasteiger partial charge is 0.327 e. The molecule has 2 aliphatic heterocycles. The minimum absolute atomic E-state index is 0.0488. The Morgan fingerprint density at radius 3 is 0.850 bits per heavy atom. The first-order chi connectivity index (χ1) is 65.6. The van der Waals surface area contributed by atoms with Gasteiger partial charge in [0, 0.05) is 60.4 Å². The van der Waals surface area contributed by atoms with Gasteiger partial charge in [-0.25, -0.2) is 9.59 Å². The van der Waals surface area contributed by atoms with Gasteiger partial charge in [-0.1, -0.05) is 83.1 Å². The third-order valence-corrected chi connectivity index (χ3v) is 24.5. The molecule has 20 amide bonds. The first-order valence-corrected chi connectivity index (χ1v) is 50.4. The van der Waals surface area contributed by atoms with Crippen LogP contribution in [0.3, 0.4) is 0 Å². The third-order valence-electron chi connectivity index (χ3n) is 22.3. The van der Waals surface area contributed by atoms with Crippen LogP contribution in [0, 0.1) is 35.5 Å². The molecule has 140 heavy (non-hydrogen) atoms. The number of carboxylic acids is 2. The van der Waals surface area contributed by atoms with Gasteiger partial charge < -0.3 is 139 Å². The van der Waals surface area contributed by atoms with Gasteiger partial charge in [0.25, 0.3) is 0 Å². The normalized spacial score (nSPS) is 16.9. The first kappa shape index (κ1) is 128. The number of likely N-dealkylation sites (tertiary alicyclic amines) is 2. The lowest BCUT2D eigenvalue weighted by molar-refractivity contribution is -0.143. The molecule has 0 unspecified atom stereocenters. The second-order valence-electron chi connectivity index (χ2n) is 36.3. The Balaban J connectivity index is 0.00000140. The van der Waals surface area contributed by atoms with Gasteiger partial charge in [0.15, 0.2) is 0 Å². The zero-order valence-electron chi connectivity index (χ0n) is 81.6. The summed E-state index contributed by atoms with van der Waals surface area (Å²) in [6.07, 6.45) is 2.11. The van der Waals surface area contributed by atoms with Crippen molar-refractivity contribution in [2.45, 2.75) is 295 Å². The fraction of sp³-hybridized carbons (Fsp3) is 0.744. The van der Waals surface area contributed by atoms with Gasteiger partial charge in [-0.2, -0.15) is 75.8 Å². The lowest BCUT2D eigenvalue weighted by Gasteiger charge is -2.32. The van der Waals surface area contributed by atoms with Crippen molar-refractivity contribution in [3.63, 3.8) is 0 Å². The number of carboxylic acid groups (broad SMARTS) is 2. The molecule has 796 valence electrons. The maximum Gasteiger partial charge on any atom is 0.327 e. The molecule has 0 bridgehead atoms. The van der Waals surface area contributed by atoms with E-state index in [-0.39, 0.29) is 149 Å². The zero-order chi connectivity index (χ0) is 107. The van der Waals surface area contributed by atoms with Gasteiger partial charge in [-0.05, 0) is 138 Å². The number of hydrogen-bond acceptors (Lipinski definition) is 32. The molecule has 2 fully saturated rings. The van der Waals surface area contributed by atoms with E-state index in [2.05, 4.69) is 161 Å². The predicted octanol–water partition coefficient (Wildman–Crippen LogP) is -7.12. The fourth-order valence-corrected chi connectivity index (χ4v) is 15.6. The number of amides is 20. The van der Waals surface area contributed by atoms with Gasteiger partial charge in [0.05, 0.1) is 25.2 Å². The number of carbonyl (C=O) groups is 22. The summed E-state index contributed by atoms with van der Waals surface area (Å²) >= 11 is 24.5. The zero-order valence-corrected chi connectivity index (χ0v) is 86.9. The standard InChI is InChI=1S/2C43H76N12O12S3/c2*1-21(2)16-27(38(61)52-29(20-70)43(66)67)50-37(60)26(12-13-31(46)56)48-32(57)17-47-36(59)25(10-7-8-14-44)49-39(62)28(19-69)51-41(64)33(22(3)4)53-40(63)30-11-9-15-55(30)42(65)34(23(5)6)54-35(58)24(45)18-68/h2*21-30,33-34,68-70H,7-20,44-45H2,1-6H3,(H2,46,56)(H,47,59)(H,48,57)(H,49,62)(H,50,60)(H,51,64)(H,52,61)(H,53,63)(H,54,58)(H,66,67)/t2*24-,25-,26-,27-,28-,29-,30-,33-,34-/m00/s1. The molecule has 2 heterocycles. The summed E-state index contributed by atoms with van der Waals surface area (Å²) in [4.78, 5) is 291. The highest BCUT2D eigenvalue weighted by Gasteiger charge is 2.45. The topological polar surface area (TPSA) is 771 Å². The number of hydrogen-bond donors (Lipinski definition) is 30. The van der Waals surface area contributed by atoms with Crippen LogP contribution < -0.4 is 119 Å². The summed E-state index contributed by atoms with van der Waals surface area (Å²) in [6, 6.07) is -21.4. The largest absolute Gasteiger partial charge is 0.480 e. The summed E-state index contributed by atoms with van der Waals surface area (Å²) in [5, 5.41) is 59.1. The Hall–Kier alpha value is -9.72. The number of carbonyl (C=O) groups excluding carboxylic acids is 20. The van der Waals surface area contributed by atoms with E-state index in [0.717, 1.165) is 0 Å². The van der Waals surface area contributed by atoms with Crippen LogP contribution in [0.1, 0.15) is 186 Å². The first-order valence-electron chi connectivity index (χ1n) is 46.6. The number of rotatable bonds is 64. The predicted molar refractivity (Wildman–Crippen MR) is 538 cm³/mol. The van der Waals surface area contributed by atoms with Gasteiger partial charge in [-0.3, -0.25) is 95.9 Å². The highest BCUT2D eigenvalue weighted by Crippen LogP contribution is 2.25. The van der Waals surface area contributed by atoms with E-state index >= 15 is 0 Å². The molecule has 30 N–H and O–H groups in total. The molecular formula is C86H152N24O24S6. The number of nitrogens with zero attached hydrogens (tertiary/aromatic N) is 2. The van der Waals surface area contributed by atoms with Gasteiger partial charge in [0.2, 0.25) is 118 Å². The van der Waals surface area contributed by atoms with Gasteiger partial charge in [-0.15, -0.1) is 0 Å². The lowest BCUT2D eigenvalue weighted by atomic mass is 10.0. The number of aliphatic carboxylic acids is 2. The molecule has 0 aromatic heterocycles. The van der Waals surface area contributed by atoms with E-state index < -0.39 is 264 Å². The highest BCUT2D eigenvalue weighted by atomic mass is 32.1. The van der Waals surface area contributed by atoms with E-state index in [1.165, 1.54) is 9.80 Å². The Morgan fingerprint density at radius 2 is 0.586 bits per heavy atom. The molecule has 0 aliphatic carbocycles. The minimum Gasteiger partial charge on any atom is -0.480 e. The van der Waals surface area contributed by atoms with E-state index in [1.54, 1.807) is 83.1 Å². The molecule has 2 aliphatic rings. The van der Waals surface area contributed by atoms with Crippen molar-refractivity contribution in [3.05, 3.63) is 0 Å². The second-order valence-corrected chi connectivity index (χ2v) is 38.5. The van der Waals surface area contributed by atoms with Crippen LogP contribution in [0.5, 0.6) is 0 Å². The number of unbranched alkanes of at least 4 members (excludes halogenated alkanes) is 2. The van der Waals surface area contributed by atoms with Crippen LogP contribution in [0.4, 0.5) is 0 Å². The monoisotopic (exact) mass is 2100 g/mol. The van der Waals surface area contributed by atoms with Crippen molar-refractivity contribution in [3.8, 4) is 0 Å². The number of thiol groups is 6. The van der Waals surface area contributed by atoms with Crippen LogP contribution in [0.2, 0.25) is 0 Å². The van der Waals surface area contributed by atoms with Crippen molar-refractivity contribution in [2.24, 2.45) is 69.9 Å². The molecule has 0 aromatic carbocycles.